The van der Waals surface area contributed by atoms with Crippen molar-refractivity contribution in [2.45, 2.75) is 6.42 Å². The maximum absolute atomic E-state index is 9.15. The molecule has 2 aromatic rings. The first kappa shape index (κ1) is 11.1. The zero-order valence-electron chi connectivity index (χ0n) is 9.86. The Morgan fingerprint density at radius 3 is 3.17 bits per heavy atom. The van der Waals surface area contributed by atoms with Crippen molar-refractivity contribution in [3.05, 3.63) is 28.6 Å². The first-order valence-electron chi connectivity index (χ1n) is 5.66. The van der Waals surface area contributed by atoms with Crippen LogP contribution in [0.25, 0.3) is 11.3 Å². The van der Waals surface area contributed by atoms with E-state index in [1.165, 1.54) is 16.9 Å². The number of hydrogen-bond donors (Lipinski definition) is 1. The largest absolute Gasteiger partial charge is 0.493 e. The first-order chi connectivity index (χ1) is 8.81. The van der Waals surface area contributed by atoms with Gasteiger partial charge in [0.1, 0.15) is 22.4 Å². The number of nitrogens with one attached hydrogen (secondary N) is 1. The number of rotatable bonds is 2. The Morgan fingerprint density at radius 2 is 2.39 bits per heavy atom. The minimum atomic E-state index is 0.637. The minimum absolute atomic E-state index is 0.637. The van der Waals surface area contributed by atoms with Gasteiger partial charge in [0.15, 0.2) is 5.13 Å². The molecule has 1 aliphatic heterocycles. The summed E-state index contributed by atoms with van der Waals surface area (Å²) in [6.07, 6.45) is 0.925. The summed E-state index contributed by atoms with van der Waals surface area (Å²) in [4.78, 5) is 5.08. The lowest BCUT2D eigenvalue weighted by molar-refractivity contribution is 0.357. The fourth-order valence-corrected chi connectivity index (χ4v) is 2.77. The normalized spacial score (nSPS) is 12.7. The predicted molar refractivity (Wildman–Crippen MR) is 71.0 cm³/mol. The maximum atomic E-state index is 9.15. The van der Waals surface area contributed by atoms with Gasteiger partial charge in [-0.25, -0.2) is 4.98 Å². The van der Waals surface area contributed by atoms with Crippen molar-refractivity contribution in [3.8, 4) is 23.1 Å². The molecule has 1 aromatic heterocycles. The summed E-state index contributed by atoms with van der Waals surface area (Å²) in [6.45, 7) is 0.739. The molecule has 1 N–H and O–H groups in total. The fraction of sp³-hybridized carbons (Fsp3) is 0.231. The molecule has 1 aliphatic rings. The molecule has 18 heavy (non-hydrogen) atoms. The highest BCUT2D eigenvalue weighted by molar-refractivity contribution is 7.16. The molecule has 5 heteroatoms. The zero-order valence-corrected chi connectivity index (χ0v) is 10.7. The average Bonchev–Trinajstić information content (AvgIpc) is 3.03. The summed E-state index contributed by atoms with van der Waals surface area (Å²) in [5.41, 5.74) is 2.92. The molecule has 1 aromatic carbocycles. The molecule has 90 valence electrons. The molecule has 0 saturated heterocycles. The molecule has 2 heterocycles. The van der Waals surface area contributed by atoms with Crippen LogP contribution in [0.2, 0.25) is 0 Å². The van der Waals surface area contributed by atoms with Gasteiger partial charge >= 0.3 is 0 Å². The monoisotopic (exact) mass is 257 g/mol. The maximum Gasteiger partial charge on any atom is 0.184 e. The highest BCUT2D eigenvalue weighted by atomic mass is 32.1. The standard InChI is InChI=1S/C13H11N3OS/c1-15-13-16-12(11(7-14)18-13)9-2-3-10-8(6-9)4-5-17-10/h2-3,6H,4-5H2,1H3,(H,15,16). The molecule has 0 bridgehead atoms. The SMILES string of the molecule is CNc1nc(-c2ccc3c(c2)CCO3)c(C#N)s1. The van der Waals surface area contributed by atoms with E-state index in [1.54, 1.807) is 7.05 Å². The van der Waals surface area contributed by atoms with E-state index in [0.29, 0.717) is 4.88 Å². The number of benzene rings is 1. The van der Waals surface area contributed by atoms with E-state index >= 15 is 0 Å². The molecule has 0 aliphatic carbocycles. The quantitative estimate of drug-likeness (QED) is 0.898. The first-order valence-corrected chi connectivity index (χ1v) is 6.48. The van der Waals surface area contributed by atoms with Crippen LogP contribution in [-0.2, 0) is 6.42 Å². The van der Waals surface area contributed by atoms with Crippen LogP contribution in [0.15, 0.2) is 18.2 Å². The second kappa shape index (κ2) is 4.31. The molecule has 0 amide bonds. The molecule has 0 saturated carbocycles. The molecule has 4 nitrogen and oxygen atoms in total. The number of nitriles is 1. The Balaban J connectivity index is 2.09. The molecule has 0 fully saturated rings. The van der Waals surface area contributed by atoms with Crippen LogP contribution in [0.4, 0.5) is 5.13 Å². The minimum Gasteiger partial charge on any atom is -0.493 e. The van der Waals surface area contributed by atoms with Crippen molar-refractivity contribution in [3.63, 3.8) is 0 Å². The molecule has 0 unspecified atom stereocenters. The van der Waals surface area contributed by atoms with E-state index in [9.17, 15) is 0 Å². The number of anilines is 1. The van der Waals surface area contributed by atoms with Crippen molar-refractivity contribution in [2.75, 3.05) is 19.0 Å². The Bertz CT molecular complexity index is 642. The van der Waals surface area contributed by atoms with Crippen molar-refractivity contribution in [2.24, 2.45) is 0 Å². The van der Waals surface area contributed by atoms with Crippen LogP contribution >= 0.6 is 11.3 Å². The molecule has 0 radical (unpaired) electrons. The number of thiazole rings is 1. The summed E-state index contributed by atoms with van der Waals surface area (Å²) in [5.74, 6) is 0.946. The van der Waals surface area contributed by atoms with Crippen LogP contribution in [0.3, 0.4) is 0 Å². The van der Waals surface area contributed by atoms with Gasteiger partial charge in [0.2, 0.25) is 0 Å². The van der Waals surface area contributed by atoms with E-state index in [0.717, 1.165) is 35.2 Å². The van der Waals surface area contributed by atoms with Crippen molar-refractivity contribution < 1.29 is 4.74 Å². The predicted octanol–water partition coefficient (Wildman–Crippen LogP) is 2.66. The van der Waals surface area contributed by atoms with E-state index < -0.39 is 0 Å². The van der Waals surface area contributed by atoms with E-state index in [-0.39, 0.29) is 0 Å². The van der Waals surface area contributed by atoms with Gasteiger partial charge in [-0.15, -0.1) is 0 Å². The topological polar surface area (TPSA) is 57.9 Å². The number of hydrogen-bond acceptors (Lipinski definition) is 5. The number of aromatic nitrogens is 1. The number of ether oxygens (including phenoxy) is 1. The molecule has 0 spiro atoms. The lowest BCUT2D eigenvalue weighted by Crippen LogP contribution is -1.87. The summed E-state index contributed by atoms with van der Waals surface area (Å²) >= 11 is 1.37. The molecular weight excluding hydrogens is 246 g/mol. The van der Waals surface area contributed by atoms with Crippen LogP contribution in [0.5, 0.6) is 5.75 Å². The summed E-state index contributed by atoms with van der Waals surface area (Å²) in [7, 11) is 1.81. The van der Waals surface area contributed by atoms with Crippen LogP contribution in [0.1, 0.15) is 10.4 Å². The second-order valence-corrected chi connectivity index (χ2v) is 4.98. The van der Waals surface area contributed by atoms with Gasteiger partial charge in [-0.3, -0.25) is 0 Å². The summed E-state index contributed by atoms with van der Waals surface area (Å²) in [6, 6.07) is 8.18. The number of nitrogens with zero attached hydrogens (tertiary/aromatic N) is 2. The lowest BCUT2D eigenvalue weighted by Gasteiger charge is -2.01. The third-order valence-corrected chi connectivity index (χ3v) is 3.88. The van der Waals surface area contributed by atoms with Crippen molar-refractivity contribution in [1.82, 2.24) is 4.98 Å². The van der Waals surface area contributed by atoms with E-state index in [4.69, 9.17) is 10.00 Å². The Kier molecular flexibility index (Phi) is 2.65. The van der Waals surface area contributed by atoms with Crippen LogP contribution < -0.4 is 10.1 Å². The van der Waals surface area contributed by atoms with Gasteiger partial charge in [0, 0.05) is 19.0 Å². The van der Waals surface area contributed by atoms with Crippen molar-refractivity contribution in [1.29, 1.82) is 5.26 Å². The smallest absolute Gasteiger partial charge is 0.184 e. The zero-order chi connectivity index (χ0) is 12.5. The van der Waals surface area contributed by atoms with Gasteiger partial charge in [0.05, 0.1) is 6.61 Å². The Hall–Kier alpha value is -2.06. The average molecular weight is 257 g/mol. The second-order valence-electron chi connectivity index (χ2n) is 3.98. The van der Waals surface area contributed by atoms with Gasteiger partial charge in [0.25, 0.3) is 0 Å². The lowest BCUT2D eigenvalue weighted by atomic mass is 10.1. The van der Waals surface area contributed by atoms with Gasteiger partial charge in [-0.05, 0) is 23.8 Å². The molecule has 3 rings (SSSR count). The van der Waals surface area contributed by atoms with Crippen LogP contribution in [0, 0.1) is 11.3 Å². The summed E-state index contributed by atoms with van der Waals surface area (Å²) in [5, 5.41) is 12.9. The highest BCUT2D eigenvalue weighted by Crippen LogP contribution is 2.34. The molecule has 0 atom stereocenters. The van der Waals surface area contributed by atoms with Gasteiger partial charge in [-0.2, -0.15) is 5.26 Å². The fourth-order valence-electron chi connectivity index (χ4n) is 2.03. The Morgan fingerprint density at radius 1 is 1.50 bits per heavy atom. The number of fused-ring (bicyclic) bond motifs is 1. The summed E-state index contributed by atoms with van der Waals surface area (Å²) < 4.78 is 5.48. The molecular formula is C13H11N3OS. The van der Waals surface area contributed by atoms with Crippen molar-refractivity contribution >= 4 is 16.5 Å². The van der Waals surface area contributed by atoms with Gasteiger partial charge in [-0.1, -0.05) is 11.3 Å². The third-order valence-electron chi connectivity index (χ3n) is 2.91. The highest BCUT2D eigenvalue weighted by Gasteiger charge is 2.16. The van der Waals surface area contributed by atoms with E-state index in [2.05, 4.69) is 22.4 Å². The third kappa shape index (κ3) is 1.71. The van der Waals surface area contributed by atoms with E-state index in [1.807, 2.05) is 12.1 Å². The Labute approximate surface area is 109 Å². The van der Waals surface area contributed by atoms with Crippen LogP contribution in [-0.4, -0.2) is 18.6 Å². The van der Waals surface area contributed by atoms with Gasteiger partial charge < -0.3 is 10.1 Å².